The third-order valence-corrected chi connectivity index (χ3v) is 11.1. The van der Waals surface area contributed by atoms with E-state index in [9.17, 15) is 24.3 Å². The molecule has 0 spiro atoms. The van der Waals surface area contributed by atoms with Crippen molar-refractivity contribution in [3.8, 4) is 0 Å². The van der Waals surface area contributed by atoms with Gasteiger partial charge in [-0.25, -0.2) is 9.59 Å². The summed E-state index contributed by atoms with van der Waals surface area (Å²) in [6.07, 6.45) is 1.14. The predicted molar refractivity (Wildman–Crippen MR) is 185 cm³/mol. The number of nitrogens with zero attached hydrogens (tertiary/aromatic N) is 5. The van der Waals surface area contributed by atoms with Crippen LogP contribution in [0.3, 0.4) is 0 Å². The Balaban J connectivity index is 1.14. The standard InChI is InChI=1S/C36H47ClN6O6/c1-24-19-25(7-8-30(24)37)20-27(34(45)42-18-17-41(23-33(42)49-36(47)48)28-9-13-39(2)14-10-28)21-32(44)40-15-11-29(12-16-40)43-22-26-5-3-4-6-31(26)38-35(43)46/h3-8,19,27-29,33H,9-18,20-23H2,1-2H3,(H,38,46)(H,47,48). The average Bonchev–Trinajstić information content (AvgIpc) is 3.09. The molecule has 4 amide bonds. The van der Waals surface area contributed by atoms with Crippen molar-refractivity contribution in [3.63, 3.8) is 0 Å². The van der Waals surface area contributed by atoms with E-state index in [1.54, 1.807) is 11.0 Å². The highest BCUT2D eigenvalue weighted by Gasteiger charge is 2.40. The summed E-state index contributed by atoms with van der Waals surface area (Å²) < 4.78 is 5.34. The number of aryl methyl sites for hydroxylation is 1. The van der Waals surface area contributed by atoms with Gasteiger partial charge in [-0.05, 0) is 88.0 Å². The van der Waals surface area contributed by atoms with Crippen LogP contribution in [0.2, 0.25) is 5.02 Å². The number of carbonyl (C=O) groups is 4. The van der Waals surface area contributed by atoms with Gasteiger partial charge in [-0.2, -0.15) is 0 Å². The SMILES string of the molecule is Cc1cc(CC(CC(=O)N2CCC(N3Cc4ccccc4NC3=O)CC2)C(=O)N2CCN(C3CCN(C)CC3)CC2OC(=O)O)ccc1Cl. The molecule has 2 aromatic carbocycles. The summed E-state index contributed by atoms with van der Waals surface area (Å²) in [6, 6.07) is 13.6. The third kappa shape index (κ3) is 8.30. The lowest BCUT2D eigenvalue weighted by Crippen LogP contribution is -2.61. The molecule has 0 bridgehead atoms. The summed E-state index contributed by atoms with van der Waals surface area (Å²) >= 11 is 6.30. The van der Waals surface area contributed by atoms with E-state index in [4.69, 9.17) is 16.3 Å². The molecule has 2 aromatic rings. The smallest absolute Gasteiger partial charge is 0.450 e. The monoisotopic (exact) mass is 694 g/mol. The molecule has 49 heavy (non-hydrogen) atoms. The molecule has 0 aromatic heterocycles. The van der Waals surface area contributed by atoms with Gasteiger partial charge in [0.05, 0.1) is 12.5 Å². The number of hydrogen-bond donors (Lipinski definition) is 2. The number of fused-ring (bicyclic) bond motifs is 1. The van der Waals surface area contributed by atoms with Gasteiger partial charge >= 0.3 is 12.2 Å². The van der Waals surface area contributed by atoms with Crippen molar-refractivity contribution in [2.45, 2.75) is 70.3 Å². The van der Waals surface area contributed by atoms with Crippen LogP contribution in [0.15, 0.2) is 42.5 Å². The number of piperidine rings is 2. The van der Waals surface area contributed by atoms with E-state index in [2.05, 4.69) is 22.2 Å². The molecule has 4 aliphatic heterocycles. The van der Waals surface area contributed by atoms with Crippen molar-refractivity contribution in [2.24, 2.45) is 5.92 Å². The van der Waals surface area contributed by atoms with Gasteiger partial charge in [0.2, 0.25) is 11.8 Å². The maximum absolute atomic E-state index is 14.4. The molecule has 2 N–H and O–H groups in total. The maximum atomic E-state index is 14.4. The zero-order chi connectivity index (χ0) is 34.7. The number of para-hydroxylation sites is 1. The Morgan fingerprint density at radius 2 is 1.69 bits per heavy atom. The first-order valence-electron chi connectivity index (χ1n) is 17.4. The van der Waals surface area contributed by atoms with Crippen LogP contribution in [-0.4, -0.2) is 125 Å². The minimum absolute atomic E-state index is 0.00154. The van der Waals surface area contributed by atoms with Crippen molar-refractivity contribution >= 4 is 41.3 Å². The number of rotatable bonds is 8. The van der Waals surface area contributed by atoms with Crippen LogP contribution in [0.4, 0.5) is 15.3 Å². The Morgan fingerprint density at radius 3 is 2.41 bits per heavy atom. The number of ether oxygens (including phenoxy) is 1. The summed E-state index contributed by atoms with van der Waals surface area (Å²) in [4.78, 5) is 62.7. The molecule has 0 aliphatic carbocycles. The van der Waals surface area contributed by atoms with Crippen molar-refractivity contribution in [1.82, 2.24) is 24.5 Å². The Kier molecular flexibility index (Phi) is 11.0. The summed E-state index contributed by atoms with van der Waals surface area (Å²) in [5, 5.41) is 13.2. The van der Waals surface area contributed by atoms with Gasteiger partial charge in [-0.3, -0.25) is 14.5 Å². The van der Waals surface area contributed by atoms with Crippen LogP contribution in [0.25, 0.3) is 0 Å². The van der Waals surface area contributed by atoms with E-state index >= 15 is 0 Å². The molecule has 4 heterocycles. The number of likely N-dealkylation sites (tertiary alicyclic amines) is 2. The number of carboxylic acid groups (broad SMARTS) is 1. The van der Waals surface area contributed by atoms with Gasteiger partial charge in [0, 0.05) is 61.9 Å². The fourth-order valence-electron chi connectivity index (χ4n) is 7.82. The van der Waals surface area contributed by atoms with Crippen molar-refractivity contribution in [1.29, 1.82) is 0 Å². The summed E-state index contributed by atoms with van der Waals surface area (Å²) in [7, 11) is 2.10. The van der Waals surface area contributed by atoms with Crippen LogP contribution in [0.1, 0.15) is 48.8 Å². The number of amides is 4. The summed E-state index contributed by atoms with van der Waals surface area (Å²) in [5.74, 6) is -1.13. The number of halogens is 1. The molecule has 2 atom stereocenters. The van der Waals surface area contributed by atoms with Gasteiger partial charge < -0.3 is 34.8 Å². The van der Waals surface area contributed by atoms with Gasteiger partial charge in [0.25, 0.3) is 0 Å². The fourth-order valence-corrected chi connectivity index (χ4v) is 7.93. The normalized spacial score (nSPS) is 22.0. The summed E-state index contributed by atoms with van der Waals surface area (Å²) in [5.41, 5.74) is 3.66. The molecular weight excluding hydrogens is 648 g/mol. The van der Waals surface area contributed by atoms with E-state index in [1.165, 1.54) is 4.90 Å². The van der Waals surface area contributed by atoms with Crippen molar-refractivity contribution in [2.75, 3.05) is 58.2 Å². The molecule has 12 nitrogen and oxygen atoms in total. The van der Waals surface area contributed by atoms with Crippen LogP contribution in [-0.2, 0) is 27.3 Å². The molecule has 3 saturated heterocycles. The second kappa shape index (κ2) is 15.3. The first-order chi connectivity index (χ1) is 23.5. The second-order valence-corrected chi connectivity index (χ2v) is 14.3. The number of benzene rings is 2. The highest BCUT2D eigenvalue weighted by Crippen LogP contribution is 2.30. The highest BCUT2D eigenvalue weighted by atomic mass is 35.5. The molecule has 0 radical (unpaired) electrons. The lowest BCUT2D eigenvalue weighted by molar-refractivity contribution is -0.158. The molecule has 13 heteroatoms. The van der Waals surface area contributed by atoms with Gasteiger partial charge in [0.15, 0.2) is 6.23 Å². The number of urea groups is 1. The van der Waals surface area contributed by atoms with Crippen LogP contribution in [0, 0.1) is 12.8 Å². The molecule has 264 valence electrons. The highest BCUT2D eigenvalue weighted by molar-refractivity contribution is 6.31. The topological polar surface area (TPSA) is 126 Å². The number of anilines is 1. The average molecular weight is 695 g/mol. The van der Waals surface area contributed by atoms with Crippen LogP contribution >= 0.6 is 11.6 Å². The zero-order valence-electron chi connectivity index (χ0n) is 28.4. The van der Waals surface area contributed by atoms with E-state index in [-0.39, 0.29) is 30.3 Å². The minimum atomic E-state index is -1.43. The first kappa shape index (κ1) is 35.0. The second-order valence-electron chi connectivity index (χ2n) is 13.9. The number of carbonyl (C=O) groups excluding carboxylic acids is 3. The lowest BCUT2D eigenvalue weighted by Gasteiger charge is -2.46. The van der Waals surface area contributed by atoms with Crippen molar-refractivity contribution in [3.05, 3.63) is 64.2 Å². The lowest BCUT2D eigenvalue weighted by atomic mass is 9.92. The molecule has 4 aliphatic rings. The van der Waals surface area contributed by atoms with Crippen molar-refractivity contribution < 1.29 is 29.0 Å². The molecule has 0 saturated carbocycles. The summed E-state index contributed by atoms with van der Waals surface area (Å²) in [6.45, 7) is 6.56. The van der Waals surface area contributed by atoms with E-state index < -0.39 is 18.3 Å². The Hall–Kier alpha value is -3.87. The number of nitrogens with one attached hydrogen (secondary N) is 1. The quantitative estimate of drug-likeness (QED) is 0.387. The van der Waals surface area contributed by atoms with E-state index in [0.717, 1.165) is 48.3 Å². The number of piperazine rings is 1. The molecule has 2 unspecified atom stereocenters. The molecule has 3 fully saturated rings. The zero-order valence-corrected chi connectivity index (χ0v) is 29.1. The Labute approximate surface area is 292 Å². The Bertz CT molecular complexity index is 1540. The fraction of sp³-hybridized carbons (Fsp3) is 0.556. The third-order valence-electron chi connectivity index (χ3n) is 10.7. The largest absolute Gasteiger partial charge is 0.507 e. The van der Waals surface area contributed by atoms with Crippen LogP contribution in [0.5, 0.6) is 0 Å². The van der Waals surface area contributed by atoms with Gasteiger partial charge in [0.1, 0.15) is 0 Å². The molecular formula is C36H47ClN6O6. The minimum Gasteiger partial charge on any atom is -0.450 e. The van der Waals surface area contributed by atoms with Gasteiger partial charge in [-0.15, -0.1) is 0 Å². The van der Waals surface area contributed by atoms with Crippen LogP contribution < -0.4 is 5.32 Å². The first-order valence-corrected chi connectivity index (χ1v) is 17.7. The van der Waals surface area contributed by atoms with Gasteiger partial charge in [-0.1, -0.05) is 41.9 Å². The maximum Gasteiger partial charge on any atom is 0.507 e. The van der Waals surface area contributed by atoms with E-state index in [0.29, 0.717) is 69.6 Å². The van der Waals surface area contributed by atoms with E-state index in [1.807, 2.05) is 48.2 Å². The molecule has 6 rings (SSSR count). The number of hydrogen-bond acceptors (Lipinski definition) is 7. The predicted octanol–water partition coefficient (Wildman–Crippen LogP) is 4.50. The Morgan fingerprint density at radius 1 is 0.980 bits per heavy atom.